The standard InChI is InChI=1S/C10H16N2.C3H8.C2H6O/c1-9-2-3-10(6-9)7-12(8-10)5-4-11;2*1-3-2/h9H,2-3,5-8H2,1H3;3H2,1-2H3;1-2H3. The number of ether oxygens (including phenoxy) is 1. The first kappa shape index (κ1) is 17.4. The molecule has 1 saturated carbocycles. The first-order valence-corrected chi connectivity index (χ1v) is 7.06. The third-order valence-electron chi connectivity index (χ3n) is 3.36. The molecule has 2 rings (SSSR count). The molecule has 3 heteroatoms. The second-order valence-corrected chi connectivity index (χ2v) is 5.77. The van der Waals surface area contributed by atoms with Gasteiger partial charge in [0.15, 0.2) is 0 Å². The first-order valence-electron chi connectivity index (χ1n) is 7.06. The van der Waals surface area contributed by atoms with Crippen LogP contribution >= 0.6 is 0 Å². The Labute approximate surface area is 113 Å². The zero-order valence-corrected chi connectivity index (χ0v) is 12.8. The van der Waals surface area contributed by atoms with Crippen molar-refractivity contribution in [1.29, 1.82) is 5.26 Å². The van der Waals surface area contributed by atoms with Crippen molar-refractivity contribution in [3.8, 4) is 6.07 Å². The van der Waals surface area contributed by atoms with Crippen molar-refractivity contribution in [2.45, 2.75) is 46.5 Å². The van der Waals surface area contributed by atoms with E-state index < -0.39 is 0 Å². The molecule has 1 aliphatic carbocycles. The Kier molecular flexibility index (Phi) is 9.05. The van der Waals surface area contributed by atoms with Crippen LogP contribution in [0.4, 0.5) is 0 Å². The lowest BCUT2D eigenvalue weighted by atomic mass is 9.78. The van der Waals surface area contributed by atoms with Crippen LogP contribution in [-0.2, 0) is 4.74 Å². The van der Waals surface area contributed by atoms with Gasteiger partial charge in [0.05, 0.1) is 12.6 Å². The molecule has 106 valence electrons. The molecule has 0 aromatic rings. The predicted molar refractivity (Wildman–Crippen MR) is 76.4 cm³/mol. The van der Waals surface area contributed by atoms with E-state index in [-0.39, 0.29) is 0 Å². The number of hydrogen-bond acceptors (Lipinski definition) is 3. The summed E-state index contributed by atoms with van der Waals surface area (Å²) in [4.78, 5) is 2.26. The third-order valence-corrected chi connectivity index (χ3v) is 3.36. The van der Waals surface area contributed by atoms with Crippen molar-refractivity contribution in [2.75, 3.05) is 33.9 Å². The van der Waals surface area contributed by atoms with E-state index in [2.05, 4.69) is 36.5 Å². The van der Waals surface area contributed by atoms with Crippen LogP contribution in [-0.4, -0.2) is 38.8 Å². The highest BCUT2D eigenvalue weighted by Crippen LogP contribution is 2.47. The molecule has 2 fully saturated rings. The number of nitriles is 1. The van der Waals surface area contributed by atoms with E-state index in [0.29, 0.717) is 12.0 Å². The number of nitrogens with zero attached hydrogens (tertiary/aromatic N) is 2. The minimum Gasteiger partial charge on any atom is -0.388 e. The van der Waals surface area contributed by atoms with Crippen LogP contribution in [0.15, 0.2) is 0 Å². The minimum atomic E-state index is 0.635. The highest BCUT2D eigenvalue weighted by Gasteiger charge is 2.46. The maximum Gasteiger partial charge on any atom is 0.0866 e. The highest BCUT2D eigenvalue weighted by molar-refractivity contribution is 5.01. The Morgan fingerprint density at radius 1 is 1.33 bits per heavy atom. The van der Waals surface area contributed by atoms with Crippen LogP contribution in [0.25, 0.3) is 0 Å². The topological polar surface area (TPSA) is 36.3 Å². The molecule has 1 aliphatic heterocycles. The van der Waals surface area contributed by atoms with Crippen LogP contribution in [0.3, 0.4) is 0 Å². The van der Waals surface area contributed by atoms with Gasteiger partial charge in [-0.25, -0.2) is 0 Å². The number of hydrogen-bond donors (Lipinski definition) is 0. The lowest BCUT2D eigenvalue weighted by Gasteiger charge is -2.47. The molecule has 0 amide bonds. The summed E-state index contributed by atoms with van der Waals surface area (Å²) in [6.45, 7) is 9.60. The average Bonchev–Trinajstić information content (AvgIpc) is 2.63. The Bertz CT molecular complexity index is 239. The van der Waals surface area contributed by atoms with Gasteiger partial charge in [0.25, 0.3) is 0 Å². The molecule has 0 aromatic heterocycles. The fourth-order valence-corrected chi connectivity index (χ4v) is 2.90. The molecular formula is C15H30N2O. The van der Waals surface area contributed by atoms with Crippen LogP contribution in [0.5, 0.6) is 0 Å². The van der Waals surface area contributed by atoms with Crippen LogP contribution in [0.2, 0.25) is 0 Å². The van der Waals surface area contributed by atoms with Crippen molar-refractivity contribution >= 4 is 0 Å². The van der Waals surface area contributed by atoms with Gasteiger partial charge in [-0.1, -0.05) is 33.6 Å². The van der Waals surface area contributed by atoms with Crippen LogP contribution < -0.4 is 0 Å². The molecule has 2 aliphatic rings. The normalized spacial score (nSPS) is 24.1. The fraction of sp³-hybridized carbons (Fsp3) is 0.933. The third kappa shape index (κ3) is 5.84. The summed E-state index contributed by atoms with van der Waals surface area (Å²) in [6.07, 6.45) is 5.45. The lowest BCUT2D eigenvalue weighted by molar-refractivity contribution is 0.0144. The van der Waals surface area contributed by atoms with E-state index in [0.717, 1.165) is 5.92 Å². The maximum absolute atomic E-state index is 8.49. The van der Waals surface area contributed by atoms with E-state index >= 15 is 0 Å². The first-order chi connectivity index (χ1) is 8.57. The van der Waals surface area contributed by atoms with E-state index in [1.807, 2.05) is 0 Å². The van der Waals surface area contributed by atoms with Gasteiger partial charge in [0, 0.05) is 27.3 Å². The van der Waals surface area contributed by atoms with Crippen LogP contribution in [0.1, 0.15) is 46.5 Å². The van der Waals surface area contributed by atoms with Gasteiger partial charge >= 0.3 is 0 Å². The van der Waals surface area contributed by atoms with Gasteiger partial charge in [-0.3, -0.25) is 4.90 Å². The minimum absolute atomic E-state index is 0.635. The SMILES string of the molecule is CC1CCC2(C1)CN(CC#N)C2.CCC.COC. The van der Waals surface area contributed by atoms with Crippen molar-refractivity contribution in [1.82, 2.24) is 4.90 Å². The molecule has 0 N–H and O–H groups in total. The van der Waals surface area contributed by atoms with Gasteiger partial charge in [-0.15, -0.1) is 0 Å². The maximum atomic E-state index is 8.49. The molecule has 1 unspecified atom stereocenters. The van der Waals surface area contributed by atoms with E-state index in [1.165, 1.54) is 38.8 Å². The number of rotatable bonds is 1. The predicted octanol–water partition coefficient (Wildman–Crippen LogP) is 3.31. The summed E-state index contributed by atoms with van der Waals surface area (Å²) >= 11 is 0. The van der Waals surface area contributed by atoms with Gasteiger partial charge in [0.1, 0.15) is 0 Å². The van der Waals surface area contributed by atoms with Crippen LogP contribution in [0, 0.1) is 22.7 Å². The largest absolute Gasteiger partial charge is 0.388 e. The second-order valence-electron chi connectivity index (χ2n) is 5.77. The van der Waals surface area contributed by atoms with Crippen molar-refractivity contribution in [3.63, 3.8) is 0 Å². The average molecular weight is 254 g/mol. The van der Waals surface area contributed by atoms with E-state index in [4.69, 9.17) is 5.26 Å². The smallest absolute Gasteiger partial charge is 0.0866 e. The molecular weight excluding hydrogens is 224 g/mol. The Morgan fingerprint density at radius 2 is 1.83 bits per heavy atom. The number of methoxy groups -OCH3 is 1. The summed E-state index contributed by atoms with van der Waals surface area (Å²) in [5.74, 6) is 0.925. The zero-order chi connectivity index (χ0) is 14.0. The van der Waals surface area contributed by atoms with Gasteiger partial charge in [-0.2, -0.15) is 5.26 Å². The zero-order valence-electron chi connectivity index (χ0n) is 12.8. The Morgan fingerprint density at radius 3 is 2.17 bits per heavy atom. The Balaban J connectivity index is 0.000000414. The summed E-state index contributed by atoms with van der Waals surface area (Å²) in [7, 11) is 3.25. The molecule has 18 heavy (non-hydrogen) atoms. The van der Waals surface area contributed by atoms with E-state index in [1.54, 1.807) is 14.2 Å². The lowest BCUT2D eigenvalue weighted by Crippen LogP contribution is -2.54. The molecule has 1 heterocycles. The molecule has 0 radical (unpaired) electrons. The molecule has 1 spiro atoms. The van der Waals surface area contributed by atoms with Crippen molar-refractivity contribution in [2.24, 2.45) is 11.3 Å². The monoisotopic (exact) mass is 254 g/mol. The fourth-order valence-electron chi connectivity index (χ4n) is 2.90. The number of likely N-dealkylation sites (tertiary alicyclic amines) is 1. The summed E-state index contributed by atoms with van der Waals surface area (Å²) in [5.41, 5.74) is 0.635. The van der Waals surface area contributed by atoms with Gasteiger partial charge in [0.2, 0.25) is 0 Å². The summed E-state index contributed by atoms with van der Waals surface area (Å²) in [6, 6.07) is 2.21. The van der Waals surface area contributed by atoms with Gasteiger partial charge < -0.3 is 4.74 Å². The molecule has 0 aromatic carbocycles. The molecule has 1 saturated heterocycles. The molecule has 0 bridgehead atoms. The van der Waals surface area contributed by atoms with E-state index in [9.17, 15) is 0 Å². The molecule has 1 atom stereocenters. The Hall–Kier alpha value is -0.590. The second kappa shape index (κ2) is 9.35. The molecule has 3 nitrogen and oxygen atoms in total. The summed E-state index contributed by atoms with van der Waals surface area (Å²) < 4.78 is 4.25. The van der Waals surface area contributed by atoms with Gasteiger partial charge in [-0.05, 0) is 24.2 Å². The van der Waals surface area contributed by atoms with Crippen molar-refractivity contribution in [3.05, 3.63) is 0 Å². The summed E-state index contributed by atoms with van der Waals surface area (Å²) in [5, 5.41) is 8.49. The quantitative estimate of drug-likeness (QED) is 0.674. The van der Waals surface area contributed by atoms with Crippen molar-refractivity contribution < 1.29 is 4.74 Å². The highest BCUT2D eigenvalue weighted by atomic mass is 16.4.